The summed E-state index contributed by atoms with van der Waals surface area (Å²) < 4.78 is 1.83. The topological polar surface area (TPSA) is 59.0 Å². The smallest absolute Gasteiger partial charge is 0.236 e. The van der Waals surface area contributed by atoms with Gasteiger partial charge >= 0.3 is 0 Å². The molecule has 1 heterocycles. The molecule has 0 bridgehead atoms. The molecule has 1 aromatic carbocycles. The third kappa shape index (κ3) is 4.43. The van der Waals surface area contributed by atoms with Crippen molar-refractivity contribution >= 4 is 5.91 Å². The minimum absolute atomic E-state index is 0.0345. The van der Waals surface area contributed by atoms with Crippen molar-refractivity contribution < 1.29 is 4.79 Å². The standard InChI is InChI=1S/C16H22N4O/c1-3-9-17-16(21)13(2)18-10-14-11-19-20(12-14)15-7-5-4-6-8-15/h4-8,11-13,18H,3,9-10H2,1-2H3,(H,17,21). The van der Waals surface area contributed by atoms with Gasteiger partial charge in [-0.3, -0.25) is 4.79 Å². The molecule has 2 N–H and O–H groups in total. The molecule has 1 aromatic heterocycles. The first-order chi connectivity index (χ1) is 10.2. The third-order valence-corrected chi connectivity index (χ3v) is 3.21. The zero-order valence-corrected chi connectivity index (χ0v) is 12.5. The summed E-state index contributed by atoms with van der Waals surface area (Å²) in [6, 6.07) is 9.74. The van der Waals surface area contributed by atoms with Crippen LogP contribution < -0.4 is 10.6 Å². The molecule has 0 saturated carbocycles. The number of para-hydroxylation sites is 1. The summed E-state index contributed by atoms with van der Waals surface area (Å²) in [4.78, 5) is 11.8. The predicted octanol–water partition coefficient (Wildman–Crippen LogP) is 1.88. The van der Waals surface area contributed by atoms with Crippen LogP contribution in [-0.2, 0) is 11.3 Å². The third-order valence-electron chi connectivity index (χ3n) is 3.21. The Morgan fingerprint density at radius 3 is 2.81 bits per heavy atom. The number of nitrogens with zero attached hydrogens (tertiary/aromatic N) is 2. The van der Waals surface area contributed by atoms with Crippen LogP contribution in [0.3, 0.4) is 0 Å². The van der Waals surface area contributed by atoms with Gasteiger partial charge in [0, 0.05) is 24.8 Å². The van der Waals surface area contributed by atoms with Crippen molar-refractivity contribution in [1.29, 1.82) is 0 Å². The molecule has 0 fully saturated rings. The molecule has 1 unspecified atom stereocenters. The van der Waals surface area contributed by atoms with Crippen molar-refractivity contribution in [2.75, 3.05) is 6.54 Å². The number of hydrogen-bond acceptors (Lipinski definition) is 3. The van der Waals surface area contributed by atoms with E-state index in [9.17, 15) is 4.79 Å². The lowest BCUT2D eigenvalue weighted by Gasteiger charge is -2.12. The van der Waals surface area contributed by atoms with E-state index in [1.54, 1.807) is 0 Å². The molecule has 5 nitrogen and oxygen atoms in total. The first kappa shape index (κ1) is 15.3. The molecule has 0 aliphatic carbocycles. The molecule has 2 rings (SSSR count). The number of aromatic nitrogens is 2. The average Bonchev–Trinajstić information content (AvgIpc) is 3.00. The van der Waals surface area contributed by atoms with E-state index in [0.29, 0.717) is 6.54 Å². The van der Waals surface area contributed by atoms with Gasteiger partial charge in [-0.15, -0.1) is 0 Å². The predicted molar refractivity (Wildman–Crippen MR) is 83.2 cm³/mol. The summed E-state index contributed by atoms with van der Waals surface area (Å²) in [6.07, 6.45) is 4.73. The lowest BCUT2D eigenvalue weighted by Crippen LogP contribution is -2.42. The largest absolute Gasteiger partial charge is 0.355 e. The van der Waals surface area contributed by atoms with E-state index < -0.39 is 0 Å². The maximum Gasteiger partial charge on any atom is 0.236 e. The van der Waals surface area contributed by atoms with Crippen LogP contribution in [0.15, 0.2) is 42.7 Å². The maximum absolute atomic E-state index is 11.8. The van der Waals surface area contributed by atoms with Gasteiger partial charge in [0.2, 0.25) is 5.91 Å². The zero-order chi connectivity index (χ0) is 15.1. The number of carbonyl (C=O) groups excluding carboxylic acids is 1. The second kappa shape index (κ2) is 7.59. The van der Waals surface area contributed by atoms with Gasteiger partial charge in [0.05, 0.1) is 17.9 Å². The Hall–Kier alpha value is -2.14. The second-order valence-corrected chi connectivity index (χ2v) is 5.02. The van der Waals surface area contributed by atoms with Crippen LogP contribution in [0.1, 0.15) is 25.8 Å². The summed E-state index contributed by atoms with van der Waals surface area (Å²) in [6.45, 7) is 5.24. The summed E-state index contributed by atoms with van der Waals surface area (Å²) in [5, 5.41) is 10.4. The first-order valence-electron chi connectivity index (χ1n) is 7.30. The lowest BCUT2D eigenvalue weighted by atomic mass is 10.2. The average molecular weight is 286 g/mol. The number of hydrogen-bond donors (Lipinski definition) is 2. The molecule has 1 atom stereocenters. The summed E-state index contributed by atoms with van der Waals surface area (Å²) >= 11 is 0. The monoisotopic (exact) mass is 286 g/mol. The van der Waals surface area contributed by atoms with Gasteiger partial charge in [-0.25, -0.2) is 4.68 Å². The van der Waals surface area contributed by atoms with E-state index >= 15 is 0 Å². The van der Waals surface area contributed by atoms with Gasteiger partial charge in [0.15, 0.2) is 0 Å². The van der Waals surface area contributed by atoms with Crippen LogP contribution in [0.2, 0.25) is 0 Å². The highest BCUT2D eigenvalue weighted by Crippen LogP contribution is 2.07. The number of amides is 1. The molecule has 21 heavy (non-hydrogen) atoms. The highest BCUT2D eigenvalue weighted by atomic mass is 16.2. The van der Waals surface area contributed by atoms with E-state index in [1.165, 1.54) is 0 Å². The van der Waals surface area contributed by atoms with Gasteiger partial charge < -0.3 is 10.6 Å². The minimum Gasteiger partial charge on any atom is -0.355 e. The minimum atomic E-state index is -0.211. The van der Waals surface area contributed by atoms with Crippen LogP contribution in [0.5, 0.6) is 0 Å². The number of benzene rings is 1. The number of nitrogens with one attached hydrogen (secondary N) is 2. The maximum atomic E-state index is 11.8. The number of rotatable bonds is 7. The Bertz CT molecular complexity index is 565. The molecule has 0 saturated heterocycles. The van der Waals surface area contributed by atoms with Crippen molar-refractivity contribution in [2.45, 2.75) is 32.9 Å². The van der Waals surface area contributed by atoms with E-state index in [2.05, 4.69) is 15.7 Å². The second-order valence-electron chi connectivity index (χ2n) is 5.02. The Kier molecular flexibility index (Phi) is 5.51. The fourth-order valence-corrected chi connectivity index (χ4v) is 1.94. The number of carbonyl (C=O) groups is 1. The van der Waals surface area contributed by atoms with Crippen molar-refractivity contribution in [3.63, 3.8) is 0 Å². The Labute approximate surface area is 125 Å². The summed E-state index contributed by atoms with van der Waals surface area (Å²) in [5.41, 5.74) is 2.08. The molecule has 0 spiro atoms. The molecule has 1 amide bonds. The van der Waals surface area contributed by atoms with Crippen LogP contribution >= 0.6 is 0 Å². The lowest BCUT2D eigenvalue weighted by molar-refractivity contribution is -0.122. The van der Waals surface area contributed by atoms with Crippen molar-refractivity contribution in [1.82, 2.24) is 20.4 Å². The fourth-order valence-electron chi connectivity index (χ4n) is 1.94. The molecule has 0 aliphatic heterocycles. The molecule has 0 radical (unpaired) electrons. The summed E-state index contributed by atoms with van der Waals surface area (Å²) in [7, 11) is 0. The SMILES string of the molecule is CCCNC(=O)C(C)NCc1cnn(-c2ccccc2)c1. The van der Waals surface area contributed by atoms with Crippen LogP contribution in [0.4, 0.5) is 0 Å². The van der Waals surface area contributed by atoms with E-state index in [0.717, 1.165) is 24.2 Å². The molecule has 0 aliphatic rings. The first-order valence-corrected chi connectivity index (χ1v) is 7.30. The fraction of sp³-hybridized carbons (Fsp3) is 0.375. The van der Waals surface area contributed by atoms with E-state index in [4.69, 9.17) is 0 Å². The van der Waals surface area contributed by atoms with Gasteiger partial charge in [0.25, 0.3) is 0 Å². The molecule has 112 valence electrons. The highest BCUT2D eigenvalue weighted by Gasteiger charge is 2.11. The normalized spacial score (nSPS) is 12.1. The molecule has 5 heteroatoms. The van der Waals surface area contributed by atoms with Gasteiger partial charge in [0.1, 0.15) is 0 Å². The summed E-state index contributed by atoms with van der Waals surface area (Å²) in [5.74, 6) is 0.0345. The molecule has 2 aromatic rings. The van der Waals surface area contributed by atoms with Crippen molar-refractivity contribution in [3.05, 3.63) is 48.3 Å². The van der Waals surface area contributed by atoms with Gasteiger partial charge in [-0.2, -0.15) is 5.10 Å². The van der Waals surface area contributed by atoms with E-state index in [1.807, 2.05) is 61.3 Å². The van der Waals surface area contributed by atoms with E-state index in [-0.39, 0.29) is 11.9 Å². The van der Waals surface area contributed by atoms with Gasteiger partial charge in [-0.1, -0.05) is 25.1 Å². The molecular weight excluding hydrogens is 264 g/mol. The van der Waals surface area contributed by atoms with Crippen molar-refractivity contribution in [2.24, 2.45) is 0 Å². The van der Waals surface area contributed by atoms with Crippen LogP contribution in [-0.4, -0.2) is 28.3 Å². The van der Waals surface area contributed by atoms with Gasteiger partial charge in [-0.05, 0) is 25.5 Å². The van der Waals surface area contributed by atoms with Crippen LogP contribution in [0.25, 0.3) is 5.69 Å². The zero-order valence-electron chi connectivity index (χ0n) is 12.5. The highest BCUT2D eigenvalue weighted by molar-refractivity contribution is 5.81. The Morgan fingerprint density at radius 1 is 1.33 bits per heavy atom. The van der Waals surface area contributed by atoms with Crippen molar-refractivity contribution in [3.8, 4) is 5.69 Å². The Morgan fingerprint density at radius 2 is 2.10 bits per heavy atom. The molecular formula is C16H22N4O. The van der Waals surface area contributed by atoms with Crippen LogP contribution in [0, 0.1) is 0 Å². The quantitative estimate of drug-likeness (QED) is 0.817. The Balaban J connectivity index is 1.87.